The molecule has 0 unspecified atom stereocenters. The van der Waals surface area contributed by atoms with Crippen LogP contribution in [0.2, 0.25) is 0 Å². The van der Waals surface area contributed by atoms with Crippen LogP contribution in [0.25, 0.3) is 0 Å². The summed E-state index contributed by atoms with van der Waals surface area (Å²) < 4.78 is 0. The maximum atomic E-state index is 4.43. The minimum atomic E-state index is 0.580. The summed E-state index contributed by atoms with van der Waals surface area (Å²) in [5.74, 6) is 1.26. The highest BCUT2D eigenvalue weighted by molar-refractivity contribution is 8.03. The smallest absolute Gasteiger partial charge is 0.0893 e. The van der Waals surface area contributed by atoms with E-state index in [2.05, 4.69) is 49.9 Å². The molecule has 0 spiro atoms. The van der Waals surface area contributed by atoms with Gasteiger partial charge in [0.1, 0.15) is 0 Å². The number of hydrogen-bond donors (Lipinski definition) is 0. The van der Waals surface area contributed by atoms with Crippen LogP contribution < -0.4 is 0 Å². The monoisotopic (exact) mass is 273 g/mol. The van der Waals surface area contributed by atoms with Crippen molar-refractivity contribution in [3.8, 4) is 0 Å². The first kappa shape index (κ1) is 17.5. The summed E-state index contributed by atoms with van der Waals surface area (Å²) in [5, 5.41) is 0. The van der Waals surface area contributed by atoms with Gasteiger partial charge in [0, 0.05) is 10.6 Å². The first-order valence-corrected chi connectivity index (χ1v) is 7.26. The van der Waals surface area contributed by atoms with Gasteiger partial charge in [-0.3, -0.25) is 4.99 Å². The van der Waals surface area contributed by atoms with Crippen molar-refractivity contribution in [2.24, 2.45) is 10.9 Å². The minimum absolute atomic E-state index is 0.580. The van der Waals surface area contributed by atoms with E-state index in [0.717, 1.165) is 10.6 Å². The number of aliphatic imine (C=N–C) groups is 1. The Kier molecular flexibility index (Phi) is 10.7. The summed E-state index contributed by atoms with van der Waals surface area (Å²) in [6.07, 6.45) is 13.5. The molecular formula is C17H23NS. The average molecular weight is 273 g/mol. The molecule has 102 valence electrons. The zero-order chi connectivity index (χ0) is 14.5. The molecule has 0 radical (unpaired) electrons. The molecule has 0 fully saturated rings. The fourth-order valence-electron chi connectivity index (χ4n) is 1.00. The van der Waals surface area contributed by atoms with Crippen LogP contribution in [0.5, 0.6) is 0 Å². The second-order valence-electron chi connectivity index (χ2n) is 4.24. The Bertz CT molecular complexity index is 430. The lowest BCUT2D eigenvalue weighted by molar-refractivity contribution is 0.832. The zero-order valence-corrected chi connectivity index (χ0v) is 12.9. The van der Waals surface area contributed by atoms with Crippen molar-refractivity contribution >= 4 is 17.5 Å². The van der Waals surface area contributed by atoms with E-state index in [1.165, 1.54) is 0 Å². The molecule has 0 aromatic rings. The van der Waals surface area contributed by atoms with E-state index in [1.807, 2.05) is 25.2 Å². The third kappa shape index (κ3) is 12.7. The van der Waals surface area contributed by atoms with E-state index in [9.17, 15) is 0 Å². The Morgan fingerprint density at radius 1 is 1.37 bits per heavy atom. The molecule has 0 saturated heterocycles. The molecule has 2 heteroatoms. The van der Waals surface area contributed by atoms with E-state index in [4.69, 9.17) is 0 Å². The lowest BCUT2D eigenvalue weighted by atomic mass is 10.2. The lowest BCUT2D eigenvalue weighted by Gasteiger charge is -1.96. The normalized spacial score (nSPS) is 11.9. The summed E-state index contributed by atoms with van der Waals surface area (Å²) in [6.45, 7) is 13.8. The molecule has 0 aliphatic rings. The van der Waals surface area contributed by atoms with Gasteiger partial charge in [-0.2, -0.15) is 0 Å². The molecule has 0 bridgehead atoms. The lowest BCUT2D eigenvalue weighted by Crippen LogP contribution is -1.85. The van der Waals surface area contributed by atoms with E-state index in [1.54, 1.807) is 23.9 Å². The first-order valence-electron chi connectivity index (χ1n) is 6.27. The van der Waals surface area contributed by atoms with Crippen LogP contribution in [0.15, 0.2) is 71.3 Å². The molecular weight excluding hydrogens is 250 g/mol. The van der Waals surface area contributed by atoms with Gasteiger partial charge in [-0.15, -0.1) is 17.5 Å². The van der Waals surface area contributed by atoms with Crippen molar-refractivity contribution in [2.75, 3.05) is 5.88 Å². The quantitative estimate of drug-likeness (QED) is 0.331. The van der Waals surface area contributed by atoms with Crippen molar-refractivity contribution in [3.63, 3.8) is 0 Å². The molecule has 0 saturated carbocycles. The van der Waals surface area contributed by atoms with Gasteiger partial charge in [0.25, 0.3) is 0 Å². The molecule has 19 heavy (non-hydrogen) atoms. The summed E-state index contributed by atoms with van der Waals surface area (Å²) >= 11 is 1.59. The Morgan fingerprint density at radius 2 is 2.11 bits per heavy atom. The number of rotatable bonds is 8. The SMILES string of the molecule is C=CC=C=CC(=C)SCN=C(C)/C=C\C=C\C(C)C. The zero-order valence-electron chi connectivity index (χ0n) is 12.1. The highest BCUT2D eigenvalue weighted by Gasteiger charge is 1.88. The largest absolute Gasteiger partial charge is 0.279 e. The van der Waals surface area contributed by atoms with Gasteiger partial charge in [0.05, 0.1) is 5.88 Å². The number of nitrogens with zero attached hydrogens (tertiary/aromatic N) is 1. The van der Waals surface area contributed by atoms with Gasteiger partial charge >= 0.3 is 0 Å². The molecule has 0 aliphatic heterocycles. The molecule has 0 aliphatic carbocycles. The maximum absolute atomic E-state index is 4.43. The van der Waals surface area contributed by atoms with Gasteiger partial charge in [-0.05, 0) is 31.1 Å². The average Bonchev–Trinajstić information content (AvgIpc) is 2.35. The van der Waals surface area contributed by atoms with Crippen molar-refractivity contribution in [1.82, 2.24) is 0 Å². The second kappa shape index (κ2) is 11.6. The summed E-state index contributed by atoms with van der Waals surface area (Å²) in [7, 11) is 0. The third-order valence-corrected chi connectivity index (χ3v) is 2.71. The summed E-state index contributed by atoms with van der Waals surface area (Å²) in [6, 6.07) is 0. The topological polar surface area (TPSA) is 12.4 Å². The van der Waals surface area contributed by atoms with Crippen LogP contribution in [0, 0.1) is 5.92 Å². The Labute approximate surface area is 121 Å². The van der Waals surface area contributed by atoms with Crippen LogP contribution in [-0.4, -0.2) is 11.6 Å². The van der Waals surface area contributed by atoms with Crippen molar-refractivity contribution in [2.45, 2.75) is 20.8 Å². The minimum Gasteiger partial charge on any atom is -0.279 e. The molecule has 0 aromatic carbocycles. The Balaban J connectivity index is 4.09. The highest BCUT2D eigenvalue weighted by Crippen LogP contribution is 2.14. The fraction of sp³-hybridized carbons (Fsp3) is 0.294. The molecule has 0 rings (SSSR count). The Morgan fingerprint density at radius 3 is 2.74 bits per heavy atom. The van der Waals surface area contributed by atoms with Crippen LogP contribution >= 0.6 is 11.8 Å². The fourth-order valence-corrected chi connectivity index (χ4v) is 1.59. The maximum Gasteiger partial charge on any atom is 0.0893 e. The van der Waals surface area contributed by atoms with Gasteiger partial charge in [-0.1, -0.05) is 51.3 Å². The predicted molar refractivity (Wildman–Crippen MR) is 90.7 cm³/mol. The van der Waals surface area contributed by atoms with Gasteiger partial charge in [-0.25, -0.2) is 0 Å². The van der Waals surface area contributed by atoms with Crippen LogP contribution in [-0.2, 0) is 0 Å². The Hall–Kier alpha value is -1.50. The van der Waals surface area contributed by atoms with Gasteiger partial charge in [0.15, 0.2) is 0 Å². The molecule has 0 N–H and O–H groups in total. The highest BCUT2D eigenvalue weighted by atomic mass is 32.2. The van der Waals surface area contributed by atoms with Crippen molar-refractivity contribution < 1.29 is 0 Å². The number of allylic oxidation sites excluding steroid dienone is 6. The van der Waals surface area contributed by atoms with Crippen LogP contribution in [0.4, 0.5) is 0 Å². The van der Waals surface area contributed by atoms with E-state index in [-0.39, 0.29) is 0 Å². The van der Waals surface area contributed by atoms with E-state index >= 15 is 0 Å². The van der Waals surface area contributed by atoms with Crippen LogP contribution in [0.3, 0.4) is 0 Å². The first-order chi connectivity index (χ1) is 9.06. The van der Waals surface area contributed by atoms with E-state index < -0.39 is 0 Å². The second-order valence-corrected chi connectivity index (χ2v) is 5.31. The third-order valence-electron chi connectivity index (χ3n) is 1.97. The van der Waals surface area contributed by atoms with Crippen molar-refractivity contribution in [1.29, 1.82) is 0 Å². The molecule has 0 aromatic heterocycles. The molecule has 0 atom stereocenters. The van der Waals surface area contributed by atoms with Gasteiger partial charge in [0.2, 0.25) is 0 Å². The number of hydrogen-bond acceptors (Lipinski definition) is 2. The standard InChI is InChI=1S/C17H23NS/c1-6-7-8-13-17(5)19-14-18-16(4)12-10-9-11-15(2)3/h6-7,9-13,15H,1,5,14H2,2-4H3/b11-9+,12-10-,18-16?. The summed E-state index contributed by atoms with van der Waals surface area (Å²) in [4.78, 5) is 5.37. The summed E-state index contributed by atoms with van der Waals surface area (Å²) in [5.41, 5.74) is 3.98. The molecule has 1 nitrogen and oxygen atoms in total. The van der Waals surface area contributed by atoms with Gasteiger partial charge < -0.3 is 0 Å². The molecule has 0 heterocycles. The van der Waals surface area contributed by atoms with Crippen LogP contribution in [0.1, 0.15) is 20.8 Å². The predicted octanol–water partition coefficient (Wildman–Crippen LogP) is 5.32. The van der Waals surface area contributed by atoms with E-state index in [0.29, 0.717) is 11.8 Å². The molecule has 0 amide bonds. The van der Waals surface area contributed by atoms with Crippen molar-refractivity contribution in [3.05, 3.63) is 66.3 Å². The number of thioether (sulfide) groups is 1.